The molecule has 2 N–H and O–H groups in total. The number of carbonyl (C=O) groups is 2. The standard InChI is InChI=1S/C27H29N3O2/c1-18-8-9-20(13-19(18)2)14-26(31)30-12-4-7-24(17-30)25-11-10-23(16-29-25)21-5-3-6-22(15-21)27(28)32/h3,5-6,8-11,13,15-16,24H,4,7,12,14,17H2,1-2H3,(H2,28,32)/t24-/m0/s1. The first-order valence-corrected chi connectivity index (χ1v) is 11.1. The maximum absolute atomic E-state index is 12.9. The minimum Gasteiger partial charge on any atom is -0.366 e. The number of likely N-dealkylation sites (tertiary alicyclic amines) is 1. The third-order valence-electron chi connectivity index (χ3n) is 6.39. The molecule has 0 bridgehead atoms. The van der Waals surface area contributed by atoms with Gasteiger partial charge < -0.3 is 10.6 Å². The number of pyridine rings is 1. The van der Waals surface area contributed by atoms with Gasteiger partial charge in [0.15, 0.2) is 0 Å². The van der Waals surface area contributed by atoms with Crippen molar-refractivity contribution in [3.05, 3.63) is 88.7 Å². The smallest absolute Gasteiger partial charge is 0.248 e. The molecular weight excluding hydrogens is 398 g/mol. The van der Waals surface area contributed by atoms with Crippen LogP contribution in [0, 0.1) is 13.8 Å². The first-order chi connectivity index (χ1) is 15.4. The lowest BCUT2D eigenvalue weighted by Gasteiger charge is -2.32. The monoisotopic (exact) mass is 427 g/mol. The Labute approximate surface area is 189 Å². The van der Waals surface area contributed by atoms with Crippen molar-refractivity contribution in [3.63, 3.8) is 0 Å². The zero-order chi connectivity index (χ0) is 22.7. The van der Waals surface area contributed by atoms with Gasteiger partial charge in [-0.3, -0.25) is 14.6 Å². The van der Waals surface area contributed by atoms with Crippen LogP contribution in [-0.2, 0) is 11.2 Å². The van der Waals surface area contributed by atoms with Crippen LogP contribution in [0.1, 0.15) is 51.5 Å². The van der Waals surface area contributed by atoms with Crippen LogP contribution in [0.4, 0.5) is 0 Å². The fourth-order valence-electron chi connectivity index (χ4n) is 4.31. The van der Waals surface area contributed by atoms with E-state index in [4.69, 9.17) is 10.7 Å². The van der Waals surface area contributed by atoms with Crippen molar-refractivity contribution >= 4 is 11.8 Å². The van der Waals surface area contributed by atoms with E-state index in [9.17, 15) is 9.59 Å². The zero-order valence-corrected chi connectivity index (χ0v) is 18.7. The van der Waals surface area contributed by atoms with E-state index in [0.29, 0.717) is 18.5 Å². The molecule has 2 aromatic carbocycles. The van der Waals surface area contributed by atoms with Crippen LogP contribution in [0.2, 0.25) is 0 Å². The number of amides is 2. The van der Waals surface area contributed by atoms with E-state index >= 15 is 0 Å². The highest BCUT2D eigenvalue weighted by molar-refractivity contribution is 5.94. The molecule has 1 saturated heterocycles. The zero-order valence-electron chi connectivity index (χ0n) is 18.7. The molecular formula is C27H29N3O2. The molecule has 4 rings (SSSR count). The predicted molar refractivity (Wildman–Crippen MR) is 126 cm³/mol. The van der Waals surface area contributed by atoms with Gasteiger partial charge in [-0.05, 0) is 67.1 Å². The van der Waals surface area contributed by atoms with Crippen molar-refractivity contribution in [1.82, 2.24) is 9.88 Å². The molecule has 2 heterocycles. The second-order valence-electron chi connectivity index (χ2n) is 8.69. The largest absolute Gasteiger partial charge is 0.366 e. The van der Waals surface area contributed by atoms with Gasteiger partial charge in [-0.2, -0.15) is 0 Å². The lowest BCUT2D eigenvalue weighted by Crippen LogP contribution is -2.40. The summed E-state index contributed by atoms with van der Waals surface area (Å²) in [4.78, 5) is 31.1. The van der Waals surface area contributed by atoms with E-state index in [0.717, 1.165) is 41.8 Å². The van der Waals surface area contributed by atoms with Gasteiger partial charge in [0.1, 0.15) is 0 Å². The van der Waals surface area contributed by atoms with Gasteiger partial charge in [0, 0.05) is 42.0 Å². The number of rotatable bonds is 5. The second-order valence-corrected chi connectivity index (χ2v) is 8.69. The first-order valence-electron chi connectivity index (χ1n) is 11.1. The van der Waals surface area contributed by atoms with Crippen molar-refractivity contribution < 1.29 is 9.59 Å². The van der Waals surface area contributed by atoms with Crippen LogP contribution >= 0.6 is 0 Å². The average Bonchev–Trinajstić information content (AvgIpc) is 2.82. The molecule has 0 aliphatic carbocycles. The summed E-state index contributed by atoms with van der Waals surface area (Å²) in [6.45, 7) is 5.67. The normalized spacial score (nSPS) is 16.1. The van der Waals surface area contributed by atoms with E-state index in [-0.39, 0.29) is 11.8 Å². The number of primary amides is 1. The Bertz CT molecular complexity index is 1140. The molecule has 1 aliphatic heterocycles. The average molecular weight is 428 g/mol. The fraction of sp³-hybridized carbons (Fsp3) is 0.296. The molecule has 2 amide bonds. The van der Waals surface area contributed by atoms with Crippen molar-refractivity contribution in [2.75, 3.05) is 13.1 Å². The minimum absolute atomic E-state index is 0.179. The van der Waals surface area contributed by atoms with Crippen LogP contribution < -0.4 is 5.73 Å². The topological polar surface area (TPSA) is 76.3 Å². The predicted octanol–water partition coefficient (Wildman–Crippen LogP) is 4.41. The molecule has 0 radical (unpaired) electrons. The summed E-state index contributed by atoms with van der Waals surface area (Å²) in [7, 11) is 0. The fourth-order valence-corrected chi connectivity index (χ4v) is 4.31. The number of piperidine rings is 1. The number of aryl methyl sites for hydroxylation is 2. The van der Waals surface area contributed by atoms with E-state index in [2.05, 4.69) is 32.0 Å². The Morgan fingerprint density at radius 2 is 1.88 bits per heavy atom. The van der Waals surface area contributed by atoms with Gasteiger partial charge in [0.25, 0.3) is 0 Å². The number of hydrogen-bond acceptors (Lipinski definition) is 3. The van der Waals surface area contributed by atoms with Crippen LogP contribution in [0.25, 0.3) is 11.1 Å². The van der Waals surface area contributed by atoms with Gasteiger partial charge in [-0.1, -0.05) is 36.4 Å². The number of benzene rings is 2. The van der Waals surface area contributed by atoms with Crippen molar-refractivity contribution in [2.24, 2.45) is 5.73 Å². The summed E-state index contributed by atoms with van der Waals surface area (Å²) in [5.41, 5.74) is 12.3. The number of nitrogens with two attached hydrogens (primary N) is 1. The molecule has 1 atom stereocenters. The number of hydrogen-bond donors (Lipinski definition) is 1. The summed E-state index contributed by atoms with van der Waals surface area (Å²) >= 11 is 0. The molecule has 0 unspecified atom stereocenters. The van der Waals surface area contributed by atoms with Crippen LogP contribution in [0.15, 0.2) is 60.8 Å². The molecule has 5 nitrogen and oxygen atoms in total. The van der Waals surface area contributed by atoms with E-state index in [1.165, 1.54) is 11.1 Å². The summed E-state index contributed by atoms with van der Waals surface area (Å²) in [5.74, 6) is -0.0273. The maximum Gasteiger partial charge on any atom is 0.248 e. The van der Waals surface area contributed by atoms with Gasteiger partial charge in [-0.15, -0.1) is 0 Å². The molecule has 5 heteroatoms. The highest BCUT2D eigenvalue weighted by atomic mass is 16.2. The Hall–Kier alpha value is -3.47. The second kappa shape index (κ2) is 9.35. The van der Waals surface area contributed by atoms with E-state index < -0.39 is 5.91 Å². The van der Waals surface area contributed by atoms with E-state index in [1.54, 1.807) is 12.1 Å². The molecule has 1 aromatic heterocycles. The van der Waals surface area contributed by atoms with Crippen molar-refractivity contribution in [2.45, 2.75) is 39.0 Å². The van der Waals surface area contributed by atoms with Crippen molar-refractivity contribution in [1.29, 1.82) is 0 Å². The van der Waals surface area contributed by atoms with Gasteiger partial charge in [0.05, 0.1) is 6.42 Å². The lowest BCUT2D eigenvalue weighted by molar-refractivity contribution is -0.131. The minimum atomic E-state index is -0.441. The summed E-state index contributed by atoms with van der Waals surface area (Å²) < 4.78 is 0. The SMILES string of the molecule is Cc1ccc(CC(=O)N2CCC[C@H](c3ccc(-c4cccc(C(N)=O)c4)cn3)C2)cc1C. The Morgan fingerprint density at radius 3 is 2.59 bits per heavy atom. The molecule has 164 valence electrons. The molecule has 3 aromatic rings. The Balaban J connectivity index is 1.44. The van der Waals surface area contributed by atoms with Gasteiger partial charge in [0.2, 0.25) is 11.8 Å². The van der Waals surface area contributed by atoms with Crippen LogP contribution in [0.5, 0.6) is 0 Å². The van der Waals surface area contributed by atoms with Gasteiger partial charge in [-0.25, -0.2) is 0 Å². The first kappa shape index (κ1) is 21.8. The lowest BCUT2D eigenvalue weighted by atomic mass is 9.93. The van der Waals surface area contributed by atoms with Crippen LogP contribution in [-0.4, -0.2) is 34.8 Å². The quantitative estimate of drug-likeness (QED) is 0.655. The number of aromatic nitrogens is 1. The molecule has 0 saturated carbocycles. The highest BCUT2D eigenvalue weighted by Crippen LogP contribution is 2.28. The summed E-state index contributed by atoms with van der Waals surface area (Å²) in [6, 6.07) is 17.6. The van der Waals surface area contributed by atoms with Crippen molar-refractivity contribution in [3.8, 4) is 11.1 Å². The van der Waals surface area contributed by atoms with Crippen LogP contribution in [0.3, 0.4) is 0 Å². The summed E-state index contributed by atoms with van der Waals surface area (Å²) in [5, 5.41) is 0. The number of nitrogens with zero attached hydrogens (tertiary/aromatic N) is 2. The molecule has 32 heavy (non-hydrogen) atoms. The van der Waals surface area contributed by atoms with E-state index in [1.807, 2.05) is 35.4 Å². The third-order valence-corrected chi connectivity index (χ3v) is 6.39. The molecule has 1 aliphatic rings. The third kappa shape index (κ3) is 4.88. The highest BCUT2D eigenvalue weighted by Gasteiger charge is 2.25. The molecule has 1 fully saturated rings. The number of carbonyl (C=O) groups excluding carboxylic acids is 2. The van der Waals surface area contributed by atoms with Gasteiger partial charge >= 0.3 is 0 Å². The molecule has 0 spiro atoms. The summed E-state index contributed by atoms with van der Waals surface area (Å²) in [6.07, 6.45) is 4.28. The maximum atomic E-state index is 12.9. The Morgan fingerprint density at radius 1 is 1.03 bits per heavy atom. The Kier molecular flexibility index (Phi) is 6.35.